The van der Waals surface area contributed by atoms with Crippen LogP contribution in [-0.2, 0) is 9.59 Å². The van der Waals surface area contributed by atoms with Gasteiger partial charge in [-0.3, -0.25) is 14.4 Å². The molecule has 0 aromatic heterocycles. The van der Waals surface area contributed by atoms with Crippen molar-refractivity contribution in [2.24, 2.45) is 0 Å². The number of rotatable bonds is 5. The van der Waals surface area contributed by atoms with E-state index in [-0.39, 0.29) is 37.3 Å². The molecule has 0 atom stereocenters. The summed E-state index contributed by atoms with van der Waals surface area (Å²) < 4.78 is 5.33. The molecule has 1 fully saturated rings. The van der Waals surface area contributed by atoms with Crippen molar-refractivity contribution in [1.82, 2.24) is 10.2 Å². The quantitative estimate of drug-likeness (QED) is 0.782. The van der Waals surface area contributed by atoms with Gasteiger partial charge in [0.15, 0.2) is 6.61 Å². The molecule has 0 saturated carbocycles. The molecule has 0 radical (unpaired) electrons. The molecule has 8 nitrogen and oxygen atoms in total. The molecule has 0 aliphatic carbocycles. The number of ether oxygens (including phenoxy) is 1. The highest BCUT2D eigenvalue weighted by Crippen LogP contribution is 2.28. The summed E-state index contributed by atoms with van der Waals surface area (Å²) in [5, 5.41) is 5.46. The molecule has 1 saturated heterocycles. The van der Waals surface area contributed by atoms with Crippen molar-refractivity contribution in [2.75, 3.05) is 49.5 Å². The molecule has 2 heterocycles. The fourth-order valence-corrected chi connectivity index (χ4v) is 3.61. The zero-order valence-electron chi connectivity index (χ0n) is 16.6. The average molecular weight is 408 g/mol. The molecule has 2 N–H and O–H groups in total. The highest BCUT2D eigenvalue weighted by Gasteiger charge is 2.21. The van der Waals surface area contributed by atoms with E-state index in [2.05, 4.69) is 27.7 Å². The molecular formula is C22H24N4O4. The lowest BCUT2D eigenvalue weighted by Crippen LogP contribution is -2.49. The van der Waals surface area contributed by atoms with Gasteiger partial charge in [0.2, 0.25) is 5.91 Å². The second-order valence-corrected chi connectivity index (χ2v) is 7.26. The number of carbonyl (C=O) groups is 3. The molecule has 2 aliphatic heterocycles. The number of amides is 3. The summed E-state index contributed by atoms with van der Waals surface area (Å²) in [5.41, 5.74) is 2.15. The maximum absolute atomic E-state index is 12.5. The van der Waals surface area contributed by atoms with E-state index in [1.54, 1.807) is 18.2 Å². The maximum Gasteiger partial charge on any atom is 0.262 e. The first-order chi connectivity index (χ1) is 14.6. The van der Waals surface area contributed by atoms with Gasteiger partial charge in [0.05, 0.1) is 5.69 Å². The van der Waals surface area contributed by atoms with E-state index in [0.717, 1.165) is 13.1 Å². The molecule has 2 aliphatic rings. The summed E-state index contributed by atoms with van der Waals surface area (Å²) in [6, 6.07) is 15.0. The number of carbonyl (C=O) groups excluding carboxylic acids is 3. The minimum Gasteiger partial charge on any atom is -0.482 e. The van der Waals surface area contributed by atoms with Crippen LogP contribution in [0.4, 0.5) is 11.4 Å². The van der Waals surface area contributed by atoms with E-state index in [4.69, 9.17) is 4.74 Å². The molecule has 2 aromatic rings. The van der Waals surface area contributed by atoms with Crippen molar-refractivity contribution in [3.63, 3.8) is 0 Å². The van der Waals surface area contributed by atoms with Crippen molar-refractivity contribution in [3.8, 4) is 5.75 Å². The lowest BCUT2D eigenvalue weighted by atomic mass is 10.1. The fourth-order valence-electron chi connectivity index (χ4n) is 3.61. The Hall–Kier alpha value is -3.55. The third-order valence-electron chi connectivity index (χ3n) is 5.25. The van der Waals surface area contributed by atoms with Gasteiger partial charge in [-0.1, -0.05) is 18.2 Å². The van der Waals surface area contributed by atoms with Gasteiger partial charge in [-0.05, 0) is 30.3 Å². The summed E-state index contributed by atoms with van der Waals surface area (Å²) in [4.78, 5) is 40.3. The first-order valence-electron chi connectivity index (χ1n) is 10.0. The Balaban J connectivity index is 1.22. The number of piperazine rings is 1. The van der Waals surface area contributed by atoms with Crippen LogP contribution in [0.2, 0.25) is 0 Å². The van der Waals surface area contributed by atoms with Crippen LogP contribution in [0.5, 0.6) is 5.75 Å². The Morgan fingerprint density at radius 1 is 1.03 bits per heavy atom. The summed E-state index contributed by atoms with van der Waals surface area (Å²) in [6.45, 7) is 3.15. The molecular weight excluding hydrogens is 384 g/mol. The number of para-hydroxylation sites is 1. The molecule has 3 amide bonds. The van der Waals surface area contributed by atoms with Crippen molar-refractivity contribution >= 4 is 29.1 Å². The molecule has 0 unspecified atom stereocenters. The number of hydrogen-bond acceptors (Lipinski definition) is 5. The summed E-state index contributed by atoms with van der Waals surface area (Å²) in [6.07, 6.45) is 0.259. The van der Waals surface area contributed by atoms with Crippen molar-refractivity contribution in [1.29, 1.82) is 0 Å². The van der Waals surface area contributed by atoms with Crippen LogP contribution < -0.4 is 20.3 Å². The number of nitrogens with one attached hydrogen (secondary N) is 2. The Bertz CT molecular complexity index is 939. The lowest BCUT2D eigenvalue weighted by molar-refractivity contribution is -0.131. The Kier molecular flexibility index (Phi) is 5.83. The molecule has 0 spiro atoms. The van der Waals surface area contributed by atoms with Crippen LogP contribution in [0.1, 0.15) is 16.8 Å². The first-order valence-corrected chi connectivity index (χ1v) is 10.0. The van der Waals surface area contributed by atoms with E-state index in [0.29, 0.717) is 30.1 Å². The second kappa shape index (κ2) is 8.86. The van der Waals surface area contributed by atoms with Gasteiger partial charge in [-0.2, -0.15) is 0 Å². The number of hydrogen-bond donors (Lipinski definition) is 2. The van der Waals surface area contributed by atoms with Gasteiger partial charge < -0.3 is 25.2 Å². The third-order valence-corrected chi connectivity index (χ3v) is 5.25. The van der Waals surface area contributed by atoms with Gasteiger partial charge in [-0.25, -0.2) is 0 Å². The summed E-state index contributed by atoms with van der Waals surface area (Å²) >= 11 is 0. The Morgan fingerprint density at radius 2 is 1.80 bits per heavy atom. The van der Waals surface area contributed by atoms with Crippen LogP contribution in [0.15, 0.2) is 48.5 Å². The number of benzene rings is 2. The van der Waals surface area contributed by atoms with E-state index < -0.39 is 0 Å². The molecule has 30 heavy (non-hydrogen) atoms. The maximum atomic E-state index is 12.5. The zero-order chi connectivity index (χ0) is 20.9. The van der Waals surface area contributed by atoms with Crippen LogP contribution in [0, 0.1) is 0 Å². The minimum atomic E-state index is -0.278. The predicted molar refractivity (Wildman–Crippen MR) is 113 cm³/mol. The van der Waals surface area contributed by atoms with Crippen LogP contribution in [-0.4, -0.2) is 62.0 Å². The topological polar surface area (TPSA) is 91.0 Å². The van der Waals surface area contributed by atoms with Crippen LogP contribution >= 0.6 is 0 Å². The molecule has 156 valence electrons. The monoisotopic (exact) mass is 408 g/mol. The number of nitrogens with zero attached hydrogens (tertiary/aromatic N) is 2. The number of fused-ring (bicyclic) bond motifs is 1. The van der Waals surface area contributed by atoms with Gasteiger partial charge in [0.1, 0.15) is 5.75 Å². The number of anilines is 2. The standard InChI is InChI=1S/C22H24N4O4/c27-20-15-30-19-14-16(6-7-18(19)24-20)22(29)23-9-8-21(28)26-12-10-25(11-13-26)17-4-2-1-3-5-17/h1-7,14H,8-13,15H2,(H,23,29)(H,24,27). The van der Waals surface area contributed by atoms with Gasteiger partial charge in [-0.15, -0.1) is 0 Å². The van der Waals surface area contributed by atoms with E-state index >= 15 is 0 Å². The first kappa shape index (κ1) is 19.8. The van der Waals surface area contributed by atoms with E-state index in [1.165, 1.54) is 5.69 Å². The van der Waals surface area contributed by atoms with Crippen molar-refractivity contribution in [3.05, 3.63) is 54.1 Å². The van der Waals surface area contributed by atoms with Crippen molar-refractivity contribution in [2.45, 2.75) is 6.42 Å². The lowest BCUT2D eigenvalue weighted by Gasteiger charge is -2.36. The highest BCUT2D eigenvalue weighted by atomic mass is 16.5. The van der Waals surface area contributed by atoms with E-state index in [1.807, 2.05) is 23.1 Å². The fraction of sp³-hybridized carbons (Fsp3) is 0.318. The van der Waals surface area contributed by atoms with Gasteiger partial charge >= 0.3 is 0 Å². The molecule has 8 heteroatoms. The summed E-state index contributed by atoms with van der Waals surface area (Å²) in [7, 11) is 0. The Morgan fingerprint density at radius 3 is 2.57 bits per heavy atom. The third kappa shape index (κ3) is 4.53. The molecule has 0 bridgehead atoms. The van der Waals surface area contributed by atoms with Crippen LogP contribution in [0.25, 0.3) is 0 Å². The smallest absolute Gasteiger partial charge is 0.262 e. The van der Waals surface area contributed by atoms with Gasteiger partial charge in [0.25, 0.3) is 11.8 Å². The Labute approximate surface area is 174 Å². The zero-order valence-corrected chi connectivity index (χ0v) is 16.6. The predicted octanol–water partition coefficient (Wildman–Crippen LogP) is 1.49. The average Bonchev–Trinajstić information content (AvgIpc) is 2.79. The second-order valence-electron chi connectivity index (χ2n) is 7.26. The molecule has 2 aromatic carbocycles. The summed E-state index contributed by atoms with van der Waals surface area (Å²) in [5.74, 6) is 0.0110. The highest BCUT2D eigenvalue weighted by molar-refractivity contribution is 5.99. The van der Waals surface area contributed by atoms with Crippen molar-refractivity contribution < 1.29 is 19.1 Å². The SMILES string of the molecule is O=C1COc2cc(C(=O)NCCC(=O)N3CCN(c4ccccc4)CC3)ccc2N1. The molecule has 4 rings (SSSR count). The van der Waals surface area contributed by atoms with E-state index in [9.17, 15) is 14.4 Å². The van der Waals surface area contributed by atoms with Crippen LogP contribution in [0.3, 0.4) is 0 Å². The normalized spacial score (nSPS) is 15.7. The minimum absolute atomic E-state index is 0.0412. The largest absolute Gasteiger partial charge is 0.482 e. The van der Waals surface area contributed by atoms with Gasteiger partial charge in [0, 0.05) is 50.4 Å².